The van der Waals surface area contributed by atoms with E-state index in [2.05, 4.69) is 0 Å². The Bertz CT molecular complexity index is 368. The number of hydrogen-bond donors (Lipinski definition) is 2. The van der Waals surface area contributed by atoms with Crippen LogP contribution in [0.4, 0.5) is 0 Å². The smallest absolute Gasteiger partial charge is 0.332 e. The molecule has 4 nitrogen and oxygen atoms in total. The Morgan fingerprint density at radius 1 is 0.944 bits per heavy atom. The summed E-state index contributed by atoms with van der Waals surface area (Å²) < 4.78 is 0. The second kappa shape index (κ2) is 5.55. The van der Waals surface area contributed by atoms with Gasteiger partial charge >= 0.3 is 11.9 Å². The summed E-state index contributed by atoms with van der Waals surface area (Å²) in [6.07, 6.45) is 4.65. The van der Waals surface area contributed by atoms with Gasteiger partial charge in [-0.25, -0.2) is 9.59 Å². The number of carbonyl (C=O) groups is 2. The van der Waals surface area contributed by atoms with Crippen molar-refractivity contribution >= 4 is 11.9 Å². The van der Waals surface area contributed by atoms with E-state index in [1.165, 1.54) is 0 Å². The first kappa shape index (κ1) is 14.7. The van der Waals surface area contributed by atoms with Crippen LogP contribution in [0.2, 0.25) is 0 Å². The SMILES string of the molecule is CC(C)(C)/C(C(=O)O)=C(\C(=O)O)C1CCCCC1. The highest BCUT2D eigenvalue weighted by atomic mass is 16.4. The topological polar surface area (TPSA) is 74.6 Å². The lowest BCUT2D eigenvalue weighted by Gasteiger charge is -2.28. The van der Waals surface area contributed by atoms with Crippen molar-refractivity contribution in [3.63, 3.8) is 0 Å². The molecule has 0 saturated heterocycles. The van der Waals surface area contributed by atoms with Crippen molar-refractivity contribution < 1.29 is 19.8 Å². The number of carboxylic acids is 2. The van der Waals surface area contributed by atoms with Crippen LogP contribution in [0.15, 0.2) is 11.1 Å². The lowest BCUT2D eigenvalue weighted by Crippen LogP contribution is -2.27. The third-order valence-corrected chi connectivity index (χ3v) is 3.48. The predicted octanol–water partition coefficient (Wildman–Crippen LogP) is 3.08. The van der Waals surface area contributed by atoms with Gasteiger partial charge in [0.2, 0.25) is 0 Å². The van der Waals surface area contributed by atoms with Gasteiger partial charge < -0.3 is 10.2 Å². The van der Waals surface area contributed by atoms with Gasteiger partial charge in [-0.05, 0) is 24.2 Å². The second-order valence-electron chi connectivity index (χ2n) is 5.98. The summed E-state index contributed by atoms with van der Waals surface area (Å²) in [6, 6.07) is 0. The average Bonchev–Trinajstić information content (AvgIpc) is 2.24. The third kappa shape index (κ3) is 3.34. The molecule has 0 aliphatic heterocycles. The number of rotatable bonds is 3. The average molecular weight is 254 g/mol. The van der Waals surface area contributed by atoms with Crippen molar-refractivity contribution in [1.82, 2.24) is 0 Å². The summed E-state index contributed by atoms with van der Waals surface area (Å²) in [7, 11) is 0. The zero-order valence-corrected chi connectivity index (χ0v) is 11.3. The van der Waals surface area contributed by atoms with Crippen molar-refractivity contribution in [2.75, 3.05) is 0 Å². The maximum Gasteiger partial charge on any atom is 0.332 e. The molecule has 0 aromatic carbocycles. The summed E-state index contributed by atoms with van der Waals surface area (Å²) in [5.41, 5.74) is -0.478. The minimum absolute atomic E-state index is 0.0573. The van der Waals surface area contributed by atoms with Gasteiger partial charge in [0.05, 0.1) is 11.1 Å². The summed E-state index contributed by atoms with van der Waals surface area (Å²) >= 11 is 0. The molecular weight excluding hydrogens is 232 g/mol. The van der Waals surface area contributed by atoms with Crippen LogP contribution < -0.4 is 0 Å². The van der Waals surface area contributed by atoms with Gasteiger partial charge in [-0.15, -0.1) is 0 Å². The molecule has 102 valence electrons. The molecule has 0 spiro atoms. The standard InChI is InChI=1S/C14H22O4/c1-14(2,3)11(13(17)18)10(12(15)16)9-7-5-4-6-8-9/h9H,4-8H2,1-3H3,(H,15,16)(H,17,18)/b11-10-. The van der Waals surface area contributed by atoms with E-state index >= 15 is 0 Å². The van der Waals surface area contributed by atoms with Crippen molar-refractivity contribution in [2.24, 2.45) is 11.3 Å². The predicted molar refractivity (Wildman–Crippen MR) is 68.3 cm³/mol. The first-order valence-corrected chi connectivity index (χ1v) is 6.46. The van der Waals surface area contributed by atoms with Crippen LogP contribution in [0, 0.1) is 11.3 Å². The summed E-state index contributed by atoms with van der Waals surface area (Å²) in [5.74, 6) is -2.29. The first-order valence-electron chi connectivity index (χ1n) is 6.46. The minimum Gasteiger partial charge on any atom is -0.478 e. The Morgan fingerprint density at radius 2 is 1.44 bits per heavy atom. The van der Waals surface area contributed by atoms with Crippen LogP contribution in [-0.4, -0.2) is 22.2 Å². The Hall–Kier alpha value is -1.32. The molecule has 1 saturated carbocycles. The van der Waals surface area contributed by atoms with Crippen molar-refractivity contribution in [1.29, 1.82) is 0 Å². The van der Waals surface area contributed by atoms with Crippen LogP contribution in [0.25, 0.3) is 0 Å². The maximum absolute atomic E-state index is 11.5. The van der Waals surface area contributed by atoms with E-state index in [1.807, 2.05) is 0 Å². The molecule has 1 fully saturated rings. The quantitative estimate of drug-likeness (QED) is 0.759. The Morgan fingerprint density at radius 3 is 1.78 bits per heavy atom. The van der Waals surface area contributed by atoms with E-state index in [0.29, 0.717) is 0 Å². The molecule has 18 heavy (non-hydrogen) atoms. The van der Waals surface area contributed by atoms with Gasteiger partial charge in [0.1, 0.15) is 0 Å². The molecule has 4 heteroatoms. The molecule has 0 atom stereocenters. The lowest BCUT2D eigenvalue weighted by molar-refractivity contribution is -0.137. The normalized spacial score (nSPS) is 19.3. The molecule has 1 rings (SSSR count). The highest BCUT2D eigenvalue weighted by molar-refractivity contribution is 6.00. The van der Waals surface area contributed by atoms with Gasteiger partial charge in [0.15, 0.2) is 0 Å². The molecule has 0 heterocycles. The monoisotopic (exact) mass is 254 g/mol. The highest BCUT2D eigenvalue weighted by Crippen LogP contribution is 2.37. The van der Waals surface area contributed by atoms with E-state index in [9.17, 15) is 19.8 Å². The first-order chi connectivity index (χ1) is 8.25. The van der Waals surface area contributed by atoms with Gasteiger partial charge in [-0.1, -0.05) is 40.0 Å². The van der Waals surface area contributed by atoms with E-state index in [0.717, 1.165) is 32.1 Å². The largest absolute Gasteiger partial charge is 0.478 e. The molecule has 0 unspecified atom stereocenters. The molecule has 2 N–H and O–H groups in total. The van der Waals surface area contributed by atoms with E-state index in [-0.39, 0.29) is 17.1 Å². The molecule has 1 aliphatic carbocycles. The van der Waals surface area contributed by atoms with Crippen molar-refractivity contribution in [2.45, 2.75) is 52.9 Å². The Kier molecular flexibility index (Phi) is 4.54. The zero-order valence-electron chi connectivity index (χ0n) is 11.3. The molecule has 0 aromatic heterocycles. The Labute approximate surface area is 108 Å². The molecule has 0 radical (unpaired) electrons. The summed E-state index contributed by atoms with van der Waals surface area (Å²) in [5, 5.41) is 18.7. The fourth-order valence-electron chi connectivity index (χ4n) is 2.72. The van der Waals surface area contributed by atoms with Crippen molar-refractivity contribution in [3.05, 3.63) is 11.1 Å². The number of aliphatic carboxylic acids is 2. The van der Waals surface area contributed by atoms with Crippen LogP contribution in [0.5, 0.6) is 0 Å². The van der Waals surface area contributed by atoms with Crippen molar-refractivity contribution in [3.8, 4) is 0 Å². The molecule has 0 amide bonds. The number of hydrogen-bond acceptors (Lipinski definition) is 2. The highest BCUT2D eigenvalue weighted by Gasteiger charge is 2.34. The van der Waals surface area contributed by atoms with Crippen LogP contribution in [0.3, 0.4) is 0 Å². The molecule has 1 aliphatic rings. The number of carboxylic acid groups (broad SMARTS) is 2. The van der Waals surface area contributed by atoms with Crippen LogP contribution in [0.1, 0.15) is 52.9 Å². The minimum atomic E-state index is -1.11. The molecular formula is C14H22O4. The Balaban J connectivity index is 3.28. The van der Waals surface area contributed by atoms with Gasteiger partial charge in [-0.2, -0.15) is 0 Å². The fraction of sp³-hybridized carbons (Fsp3) is 0.714. The molecule has 0 bridgehead atoms. The zero-order chi connectivity index (χ0) is 13.9. The van der Waals surface area contributed by atoms with E-state index in [1.54, 1.807) is 20.8 Å². The van der Waals surface area contributed by atoms with Crippen LogP contribution >= 0.6 is 0 Å². The van der Waals surface area contributed by atoms with E-state index in [4.69, 9.17) is 0 Å². The van der Waals surface area contributed by atoms with Gasteiger partial charge in [-0.3, -0.25) is 0 Å². The molecule has 0 aromatic rings. The van der Waals surface area contributed by atoms with Crippen LogP contribution in [-0.2, 0) is 9.59 Å². The summed E-state index contributed by atoms with van der Waals surface area (Å²) in [4.78, 5) is 22.9. The van der Waals surface area contributed by atoms with Gasteiger partial charge in [0.25, 0.3) is 0 Å². The van der Waals surface area contributed by atoms with Gasteiger partial charge in [0, 0.05) is 0 Å². The fourth-order valence-corrected chi connectivity index (χ4v) is 2.72. The van der Waals surface area contributed by atoms with E-state index < -0.39 is 17.4 Å². The summed E-state index contributed by atoms with van der Waals surface area (Å²) in [6.45, 7) is 5.26. The second-order valence-corrected chi connectivity index (χ2v) is 5.98. The maximum atomic E-state index is 11.5. The third-order valence-electron chi connectivity index (χ3n) is 3.48. The lowest BCUT2D eigenvalue weighted by atomic mass is 9.75.